The molecule has 0 heterocycles. The van der Waals surface area contributed by atoms with Crippen molar-refractivity contribution in [2.75, 3.05) is 13.7 Å². The Morgan fingerprint density at radius 2 is 1.13 bits per heavy atom. The highest BCUT2D eigenvalue weighted by atomic mass is 16.6. The summed E-state index contributed by atoms with van der Waals surface area (Å²) in [4.78, 5) is 0. The van der Waals surface area contributed by atoms with Crippen molar-refractivity contribution in [2.24, 2.45) is 5.92 Å². The summed E-state index contributed by atoms with van der Waals surface area (Å²) < 4.78 is 30.3. The topological polar surface area (TPSA) is 66.4 Å². The fraction of sp³-hybridized carbons (Fsp3) is 0.231. The molecule has 0 saturated heterocycles. The molecule has 1 fully saturated rings. The van der Waals surface area contributed by atoms with Gasteiger partial charge in [0.1, 0.15) is 23.7 Å². The fourth-order valence-electron chi connectivity index (χ4n) is 4.35. The first-order valence-corrected chi connectivity index (χ1v) is 14.9. The average molecular weight is 611 g/mol. The molecule has 0 bridgehead atoms. The second-order valence-corrected chi connectivity index (χ2v) is 9.73. The number of hydrogen-bond donors (Lipinski definition) is 1. The maximum atomic E-state index is 9.84. The second kappa shape index (κ2) is 23.5. The minimum atomic E-state index is -0.400. The third-order valence-corrected chi connectivity index (χ3v) is 6.50. The van der Waals surface area contributed by atoms with E-state index in [4.69, 9.17) is 23.7 Å². The third-order valence-electron chi connectivity index (χ3n) is 6.50. The normalized spacial score (nSPS) is 21.0. The van der Waals surface area contributed by atoms with Crippen LogP contribution in [0.25, 0.3) is 0 Å². The molecule has 0 amide bonds. The van der Waals surface area contributed by atoms with Crippen LogP contribution in [-0.4, -0.2) is 37.1 Å². The van der Waals surface area contributed by atoms with Crippen LogP contribution in [0.4, 0.5) is 0 Å². The van der Waals surface area contributed by atoms with E-state index < -0.39 is 6.10 Å². The number of aliphatic hydroxyl groups is 1. The first kappa shape index (κ1) is 36.3. The highest BCUT2D eigenvalue weighted by molar-refractivity contribution is 5.40. The lowest BCUT2D eigenvalue weighted by atomic mass is 9.83. The van der Waals surface area contributed by atoms with E-state index in [-0.39, 0.29) is 24.7 Å². The number of allylic oxidation sites excluding steroid dienone is 18. The van der Waals surface area contributed by atoms with Crippen LogP contribution in [0.3, 0.4) is 0 Å². The molecular formula is C39H46O6. The molecule has 238 valence electrons. The van der Waals surface area contributed by atoms with Gasteiger partial charge < -0.3 is 28.8 Å². The molecule has 2 unspecified atom stereocenters. The summed E-state index contributed by atoms with van der Waals surface area (Å²) in [7, 11) is 1.60. The maximum Gasteiger partial charge on any atom is 0.171 e. The molecule has 0 spiro atoms. The molecule has 1 aliphatic carbocycles. The van der Waals surface area contributed by atoms with Crippen LogP contribution in [-0.2, 0) is 20.8 Å². The first-order chi connectivity index (χ1) is 22.2. The minimum absolute atomic E-state index is 0.0736. The van der Waals surface area contributed by atoms with Crippen molar-refractivity contribution < 1.29 is 28.8 Å². The van der Waals surface area contributed by atoms with Crippen LogP contribution in [0, 0.1) is 5.92 Å². The van der Waals surface area contributed by atoms with Gasteiger partial charge in [0.25, 0.3) is 0 Å². The number of hydrogen-bond acceptors (Lipinski definition) is 6. The molecule has 45 heavy (non-hydrogen) atoms. The van der Waals surface area contributed by atoms with Gasteiger partial charge in [0.15, 0.2) is 6.10 Å². The van der Waals surface area contributed by atoms with Gasteiger partial charge in [-0.25, -0.2) is 0 Å². The van der Waals surface area contributed by atoms with Crippen molar-refractivity contribution in [2.45, 2.75) is 37.8 Å². The molecule has 1 saturated carbocycles. The number of aliphatic hydroxyl groups excluding tert-OH is 1. The SMILES string of the molecule is C=C/C=C/C=C/C=C/OC1CC(COc2cc(OC)ccc2CO)CC(O/C=C/C=C/C=C/C=C)C1O/C=C/C=C/C=C/C=C. The summed E-state index contributed by atoms with van der Waals surface area (Å²) in [5, 5.41) is 9.84. The van der Waals surface area contributed by atoms with E-state index in [0.717, 1.165) is 0 Å². The zero-order chi connectivity index (χ0) is 32.4. The Morgan fingerprint density at radius 3 is 1.60 bits per heavy atom. The lowest BCUT2D eigenvalue weighted by molar-refractivity contribution is -0.116. The van der Waals surface area contributed by atoms with Gasteiger partial charge in [-0.3, -0.25) is 0 Å². The van der Waals surface area contributed by atoms with Crippen LogP contribution < -0.4 is 9.47 Å². The Balaban J connectivity index is 2.29. The van der Waals surface area contributed by atoms with Crippen molar-refractivity contribution >= 4 is 0 Å². The minimum Gasteiger partial charge on any atom is -0.497 e. The largest absolute Gasteiger partial charge is 0.497 e. The summed E-state index contributed by atoms with van der Waals surface area (Å²) in [5.74, 6) is 1.31. The lowest BCUT2D eigenvalue weighted by Gasteiger charge is -2.39. The van der Waals surface area contributed by atoms with Gasteiger partial charge in [-0.2, -0.15) is 0 Å². The molecule has 1 N–H and O–H groups in total. The molecule has 0 aliphatic heterocycles. The van der Waals surface area contributed by atoms with Gasteiger partial charge in [-0.1, -0.05) is 111 Å². The van der Waals surface area contributed by atoms with Crippen LogP contribution in [0.1, 0.15) is 18.4 Å². The highest BCUT2D eigenvalue weighted by Crippen LogP contribution is 2.33. The molecule has 1 aliphatic rings. The Hall–Kier alpha value is -4.94. The lowest BCUT2D eigenvalue weighted by Crippen LogP contribution is -2.48. The fourth-order valence-corrected chi connectivity index (χ4v) is 4.35. The predicted molar refractivity (Wildman–Crippen MR) is 185 cm³/mol. The van der Waals surface area contributed by atoms with Crippen molar-refractivity contribution in [1.82, 2.24) is 0 Å². The maximum absolute atomic E-state index is 9.84. The molecule has 0 radical (unpaired) electrons. The Morgan fingerprint density at radius 1 is 0.667 bits per heavy atom. The summed E-state index contributed by atoms with van der Waals surface area (Å²) in [6, 6.07) is 5.39. The Bertz CT molecular complexity index is 1240. The van der Waals surface area contributed by atoms with Gasteiger partial charge in [0.05, 0.1) is 39.1 Å². The first-order valence-electron chi connectivity index (χ1n) is 14.9. The van der Waals surface area contributed by atoms with E-state index in [9.17, 15) is 5.11 Å². The standard InChI is InChI=1S/C39H46O6/c1-5-8-11-14-17-20-25-42-37-28-33(32-45-36-30-35(41-4)24-23-34(36)31-40)29-38(43-26-21-18-15-12-9-6-2)39(37)44-27-22-19-16-13-10-7-3/h5-27,30,33,37-40H,1-3,28-29,31-32H2,4H3/b11-8+,12-9+,13-10+,17-14+,18-15+,19-16+,25-20+,26-21+,27-22+. The molecule has 2 rings (SSSR count). The predicted octanol–water partition coefficient (Wildman–Crippen LogP) is 8.57. The number of ether oxygens (including phenoxy) is 5. The molecule has 1 aromatic rings. The summed E-state index contributed by atoms with van der Waals surface area (Å²) in [6.45, 7) is 11.3. The summed E-state index contributed by atoms with van der Waals surface area (Å²) in [6.07, 6.45) is 38.4. The van der Waals surface area contributed by atoms with E-state index in [0.29, 0.717) is 36.5 Å². The number of benzene rings is 1. The zero-order valence-corrected chi connectivity index (χ0v) is 26.1. The van der Waals surface area contributed by atoms with E-state index >= 15 is 0 Å². The molecule has 1 aromatic carbocycles. The third kappa shape index (κ3) is 14.9. The molecule has 6 heteroatoms. The molecule has 6 nitrogen and oxygen atoms in total. The second-order valence-electron chi connectivity index (χ2n) is 9.73. The zero-order valence-electron chi connectivity index (χ0n) is 26.1. The van der Waals surface area contributed by atoms with E-state index in [1.165, 1.54) is 0 Å². The van der Waals surface area contributed by atoms with Crippen molar-refractivity contribution in [3.63, 3.8) is 0 Å². The highest BCUT2D eigenvalue weighted by Gasteiger charge is 2.41. The van der Waals surface area contributed by atoms with Crippen LogP contribution in [0.15, 0.2) is 166 Å². The van der Waals surface area contributed by atoms with Gasteiger partial charge in [-0.15, -0.1) is 0 Å². The van der Waals surface area contributed by atoms with Crippen LogP contribution >= 0.6 is 0 Å². The Labute approximate surface area is 269 Å². The molecular weight excluding hydrogens is 564 g/mol. The van der Waals surface area contributed by atoms with Gasteiger partial charge in [-0.05, 0) is 43.2 Å². The molecule has 0 aromatic heterocycles. The monoisotopic (exact) mass is 610 g/mol. The van der Waals surface area contributed by atoms with Crippen LogP contribution in [0.5, 0.6) is 11.5 Å². The molecule has 2 atom stereocenters. The summed E-state index contributed by atoms with van der Waals surface area (Å²) >= 11 is 0. The van der Waals surface area contributed by atoms with Gasteiger partial charge >= 0.3 is 0 Å². The van der Waals surface area contributed by atoms with Crippen LogP contribution in [0.2, 0.25) is 0 Å². The summed E-state index contributed by atoms with van der Waals surface area (Å²) in [5.41, 5.74) is 0.690. The van der Waals surface area contributed by atoms with E-state index in [1.54, 1.807) is 62.3 Å². The number of methoxy groups -OCH3 is 1. The van der Waals surface area contributed by atoms with Crippen molar-refractivity contribution in [3.8, 4) is 11.5 Å². The Kier molecular flexibility index (Phi) is 18.9. The quantitative estimate of drug-likeness (QED) is 0.118. The van der Waals surface area contributed by atoms with Gasteiger partial charge in [0, 0.05) is 17.5 Å². The van der Waals surface area contributed by atoms with Gasteiger partial charge in [0.2, 0.25) is 0 Å². The number of rotatable bonds is 20. The van der Waals surface area contributed by atoms with Crippen molar-refractivity contribution in [3.05, 3.63) is 172 Å². The average Bonchev–Trinajstić information content (AvgIpc) is 3.06. The van der Waals surface area contributed by atoms with Crippen molar-refractivity contribution in [1.29, 1.82) is 0 Å². The van der Waals surface area contributed by atoms with E-state index in [2.05, 4.69) is 19.7 Å². The smallest absolute Gasteiger partial charge is 0.171 e. The van der Waals surface area contributed by atoms with E-state index in [1.807, 2.05) is 91.1 Å².